The minimum absolute atomic E-state index is 0.00725. The monoisotopic (exact) mass is 278 g/mol. The molecule has 1 fully saturated rings. The van der Waals surface area contributed by atoms with E-state index in [0.717, 1.165) is 25.7 Å². The van der Waals surface area contributed by atoms with E-state index in [2.05, 4.69) is 5.32 Å². The average molecular weight is 278 g/mol. The maximum atomic E-state index is 11.9. The number of nitrogens with one attached hydrogen (secondary N) is 1. The van der Waals surface area contributed by atoms with Crippen molar-refractivity contribution in [3.05, 3.63) is 24.3 Å². The molecule has 3 N–H and O–H groups in total. The molecule has 1 aliphatic rings. The molecule has 1 aliphatic carbocycles. The van der Waals surface area contributed by atoms with Crippen molar-refractivity contribution in [2.45, 2.75) is 37.8 Å². The number of carbonyl (C=O) groups is 1. The van der Waals surface area contributed by atoms with Crippen LogP contribution in [0.15, 0.2) is 24.3 Å². The molecule has 2 unspecified atom stereocenters. The number of benzene rings is 1. The summed E-state index contributed by atoms with van der Waals surface area (Å²) in [4.78, 5) is 11.9. The van der Waals surface area contributed by atoms with Crippen molar-refractivity contribution in [2.75, 3.05) is 19.0 Å². The highest BCUT2D eigenvalue weighted by molar-refractivity contribution is 5.93. The highest BCUT2D eigenvalue weighted by Gasteiger charge is 2.23. The number of carbonyl (C=O) groups excluding carboxylic acids is 1. The molecule has 1 saturated carbocycles. The van der Waals surface area contributed by atoms with Gasteiger partial charge in [-0.05, 0) is 25.0 Å². The number of para-hydroxylation sites is 2. The van der Waals surface area contributed by atoms with Gasteiger partial charge >= 0.3 is 0 Å². The first-order chi connectivity index (χ1) is 9.70. The third-order valence-corrected chi connectivity index (χ3v) is 3.56. The SMILES string of the molecule is COc1ccccc1NC(=O)COC1CCCCC1N. The van der Waals surface area contributed by atoms with Gasteiger partial charge < -0.3 is 20.5 Å². The van der Waals surface area contributed by atoms with Gasteiger partial charge in [-0.2, -0.15) is 0 Å². The largest absolute Gasteiger partial charge is 0.495 e. The second kappa shape index (κ2) is 7.26. The molecule has 0 saturated heterocycles. The zero-order valence-electron chi connectivity index (χ0n) is 11.8. The van der Waals surface area contributed by atoms with Crippen molar-refractivity contribution in [1.82, 2.24) is 0 Å². The minimum atomic E-state index is -0.188. The Morgan fingerprint density at radius 3 is 2.85 bits per heavy atom. The lowest BCUT2D eigenvalue weighted by Gasteiger charge is -2.28. The van der Waals surface area contributed by atoms with E-state index >= 15 is 0 Å². The Morgan fingerprint density at radius 2 is 2.10 bits per heavy atom. The van der Waals surface area contributed by atoms with Gasteiger partial charge in [-0.3, -0.25) is 4.79 Å². The number of methoxy groups -OCH3 is 1. The van der Waals surface area contributed by atoms with Crippen LogP contribution in [0.2, 0.25) is 0 Å². The molecule has 0 bridgehead atoms. The minimum Gasteiger partial charge on any atom is -0.495 e. The van der Waals surface area contributed by atoms with Gasteiger partial charge in [0.2, 0.25) is 5.91 Å². The zero-order valence-corrected chi connectivity index (χ0v) is 11.8. The van der Waals surface area contributed by atoms with Crippen LogP contribution in [0.25, 0.3) is 0 Å². The molecule has 110 valence electrons. The molecule has 0 spiro atoms. The fourth-order valence-corrected chi connectivity index (χ4v) is 2.45. The predicted octanol–water partition coefficient (Wildman–Crippen LogP) is 1.92. The number of anilines is 1. The predicted molar refractivity (Wildman–Crippen MR) is 77.8 cm³/mol. The van der Waals surface area contributed by atoms with Crippen LogP contribution >= 0.6 is 0 Å². The molecule has 1 aromatic carbocycles. The Balaban J connectivity index is 1.83. The van der Waals surface area contributed by atoms with E-state index in [1.54, 1.807) is 19.2 Å². The normalized spacial score (nSPS) is 22.3. The van der Waals surface area contributed by atoms with Crippen molar-refractivity contribution < 1.29 is 14.3 Å². The third kappa shape index (κ3) is 3.95. The van der Waals surface area contributed by atoms with Crippen molar-refractivity contribution >= 4 is 11.6 Å². The summed E-state index contributed by atoms with van der Waals surface area (Å²) in [5, 5.41) is 2.79. The molecule has 0 aromatic heterocycles. The molecule has 0 aliphatic heterocycles. The van der Waals surface area contributed by atoms with E-state index in [1.807, 2.05) is 12.1 Å². The Bertz CT molecular complexity index is 450. The molecule has 2 rings (SSSR count). The lowest BCUT2D eigenvalue weighted by atomic mass is 9.93. The van der Waals surface area contributed by atoms with E-state index < -0.39 is 0 Å². The second-order valence-corrected chi connectivity index (χ2v) is 5.05. The fourth-order valence-electron chi connectivity index (χ4n) is 2.45. The molecular weight excluding hydrogens is 256 g/mol. The topological polar surface area (TPSA) is 73.6 Å². The average Bonchev–Trinajstić information content (AvgIpc) is 2.47. The molecule has 1 amide bonds. The van der Waals surface area contributed by atoms with Crippen LogP contribution in [-0.4, -0.2) is 31.8 Å². The first kappa shape index (κ1) is 14.8. The maximum Gasteiger partial charge on any atom is 0.250 e. The lowest BCUT2D eigenvalue weighted by molar-refractivity contribution is -0.123. The van der Waals surface area contributed by atoms with Gasteiger partial charge in [0, 0.05) is 6.04 Å². The highest BCUT2D eigenvalue weighted by atomic mass is 16.5. The van der Waals surface area contributed by atoms with Crippen molar-refractivity contribution in [3.8, 4) is 5.75 Å². The smallest absolute Gasteiger partial charge is 0.250 e. The first-order valence-electron chi connectivity index (χ1n) is 7.00. The fraction of sp³-hybridized carbons (Fsp3) is 0.533. The summed E-state index contributed by atoms with van der Waals surface area (Å²) < 4.78 is 10.8. The Morgan fingerprint density at radius 1 is 1.35 bits per heavy atom. The molecule has 20 heavy (non-hydrogen) atoms. The van der Waals surface area contributed by atoms with Gasteiger partial charge in [-0.1, -0.05) is 25.0 Å². The summed E-state index contributed by atoms with van der Waals surface area (Å²) in [5.74, 6) is 0.447. The number of amides is 1. The summed E-state index contributed by atoms with van der Waals surface area (Å²) in [6.45, 7) is 0.0242. The molecule has 1 aromatic rings. The van der Waals surface area contributed by atoms with Gasteiger partial charge in [0.1, 0.15) is 12.4 Å². The molecule has 5 nitrogen and oxygen atoms in total. The standard InChI is InChI=1S/C15H22N2O3/c1-19-14-9-5-3-7-12(14)17-15(18)10-20-13-8-4-2-6-11(13)16/h3,5,7,9,11,13H,2,4,6,8,10,16H2,1H3,(H,17,18). The Hall–Kier alpha value is -1.59. The number of hydrogen-bond acceptors (Lipinski definition) is 4. The quantitative estimate of drug-likeness (QED) is 0.863. The van der Waals surface area contributed by atoms with Crippen LogP contribution in [0.3, 0.4) is 0 Å². The van der Waals surface area contributed by atoms with E-state index in [4.69, 9.17) is 15.2 Å². The summed E-state index contributed by atoms with van der Waals surface area (Å²) >= 11 is 0. The summed E-state index contributed by atoms with van der Waals surface area (Å²) in [5.41, 5.74) is 6.64. The van der Waals surface area contributed by atoms with Gasteiger partial charge in [0.05, 0.1) is 18.9 Å². The van der Waals surface area contributed by atoms with Crippen LogP contribution < -0.4 is 15.8 Å². The summed E-state index contributed by atoms with van der Waals surface area (Å²) in [6, 6.07) is 7.33. The molecule has 5 heteroatoms. The van der Waals surface area contributed by atoms with Gasteiger partial charge in [0.15, 0.2) is 0 Å². The van der Waals surface area contributed by atoms with Gasteiger partial charge in [0.25, 0.3) is 0 Å². The van der Waals surface area contributed by atoms with Gasteiger partial charge in [-0.25, -0.2) is 0 Å². The second-order valence-electron chi connectivity index (χ2n) is 5.05. The van der Waals surface area contributed by atoms with Crippen LogP contribution in [0.5, 0.6) is 5.75 Å². The van der Waals surface area contributed by atoms with Crippen LogP contribution in [0.1, 0.15) is 25.7 Å². The van der Waals surface area contributed by atoms with E-state index in [-0.39, 0.29) is 24.7 Å². The lowest BCUT2D eigenvalue weighted by Crippen LogP contribution is -2.40. The van der Waals surface area contributed by atoms with Crippen molar-refractivity contribution in [2.24, 2.45) is 5.73 Å². The number of hydrogen-bond donors (Lipinski definition) is 2. The summed E-state index contributed by atoms with van der Waals surface area (Å²) in [7, 11) is 1.57. The molecule has 0 radical (unpaired) electrons. The van der Waals surface area contributed by atoms with Crippen molar-refractivity contribution in [3.63, 3.8) is 0 Å². The van der Waals surface area contributed by atoms with Crippen LogP contribution in [0.4, 0.5) is 5.69 Å². The van der Waals surface area contributed by atoms with E-state index in [9.17, 15) is 4.79 Å². The summed E-state index contributed by atoms with van der Waals surface area (Å²) in [6.07, 6.45) is 4.16. The Kier molecular flexibility index (Phi) is 5.38. The van der Waals surface area contributed by atoms with E-state index in [0.29, 0.717) is 11.4 Å². The number of nitrogens with two attached hydrogens (primary N) is 1. The number of ether oxygens (including phenoxy) is 2. The Labute approximate surface area is 119 Å². The number of rotatable bonds is 5. The van der Waals surface area contributed by atoms with Crippen LogP contribution in [0, 0.1) is 0 Å². The highest BCUT2D eigenvalue weighted by Crippen LogP contribution is 2.23. The van der Waals surface area contributed by atoms with Crippen molar-refractivity contribution in [1.29, 1.82) is 0 Å². The first-order valence-corrected chi connectivity index (χ1v) is 7.00. The van der Waals surface area contributed by atoms with Crippen LogP contribution in [-0.2, 0) is 9.53 Å². The molecule has 2 atom stereocenters. The molecule has 0 heterocycles. The molecular formula is C15H22N2O3. The zero-order chi connectivity index (χ0) is 14.4. The van der Waals surface area contributed by atoms with E-state index in [1.165, 1.54) is 0 Å². The maximum absolute atomic E-state index is 11.9. The third-order valence-electron chi connectivity index (χ3n) is 3.56. The van der Waals surface area contributed by atoms with Gasteiger partial charge in [-0.15, -0.1) is 0 Å².